The van der Waals surface area contributed by atoms with E-state index in [1.54, 1.807) is 20.8 Å². The highest BCUT2D eigenvalue weighted by atomic mass is 32.2. The van der Waals surface area contributed by atoms with Crippen molar-refractivity contribution in [1.82, 2.24) is 15.3 Å². The van der Waals surface area contributed by atoms with Gasteiger partial charge in [-0.1, -0.05) is 10.3 Å². The standard InChI is InChI=1S/C10H13N3O4S/c1-6-9(7(2)16-12-6)4-18(14,15)5-10-11-8(3)17-13-10/h4-5H2,1-3H3. The smallest absolute Gasteiger partial charge is 0.223 e. The largest absolute Gasteiger partial charge is 0.361 e. The highest BCUT2D eigenvalue weighted by molar-refractivity contribution is 7.89. The fourth-order valence-corrected chi connectivity index (χ4v) is 3.04. The Morgan fingerprint density at radius 1 is 1.06 bits per heavy atom. The zero-order chi connectivity index (χ0) is 13.3. The van der Waals surface area contributed by atoms with Gasteiger partial charge in [0.15, 0.2) is 15.7 Å². The lowest BCUT2D eigenvalue weighted by molar-refractivity contribution is 0.388. The van der Waals surface area contributed by atoms with Crippen LogP contribution in [0.4, 0.5) is 0 Å². The number of nitrogens with zero attached hydrogens (tertiary/aromatic N) is 3. The lowest BCUT2D eigenvalue weighted by atomic mass is 10.2. The molecule has 0 aliphatic carbocycles. The molecule has 2 heterocycles. The van der Waals surface area contributed by atoms with Gasteiger partial charge in [-0.2, -0.15) is 4.98 Å². The molecule has 98 valence electrons. The van der Waals surface area contributed by atoms with E-state index < -0.39 is 9.84 Å². The molecule has 0 amide bonds. The number of hydrogen-bond acceptors (Lipinski definition) is 7. The first-order valence-corrected chi connectivity index (χ1v) is 7.11. The first kappa shape index (κ1) is 12.7. The Kier molecular flexibility index (Phi) is 3.20. The van der Waals surface area contributed by atoms with E-state index in [1.165, 1.54) is 0 Å². The van der Waals surface area contributed by atoms with Gasteiger partial charge in [-0.3, -0.25) is 0 Å². The Hall–Kier alpha value is -1.70. The number of hydrogen-bond donors (Lipinski definition) is 0. The van der Waals surface area contributed by atoms with Crippen LogP contribution in [-0.2, 0) is 21.3 Å². The van der Waals surface area contributed by atoms with Gasteiger partial charge in [0.25, 0.3) is 0 Å². The van der Waals surface area contributed by atoms with Crippen LogP contribution in [0.2, 0.25) is 0 Å². The maximum Gasteiger partial charge on any atom is 0.223 e. The molecular weight excluding hydrogens is 258 g/mol. The fraction of sp³-hybridized carbons (Fsp3) is 0.500. The topological polar surface area (TPSA) is 99.1 Å². The monoisotopic (exact) mass is 271 g/mol. The molecule has 0 spiro atoms. The van der Waals surface area contributed by atoms with E-state index in [0.717, 1.165) is 0 Å². The Bertz CT molecular complexity index is 637. The highest BCUT2D eigenvalue weighted by Crippen LogP contribution is 2.17. The second-order valence-electron chi connectivity index (χ2n) is 4.06. The van der Waals surface area contributed by atoms with Gasteiger partial charge in [0.05, 0.1) is 11.4 Å². The summed E-state index contributed by atoms with van der Waals surface area (Å²) in [7, 11) is -3.37. The van der Waals surface area contributed by atoms with Crippen LogP contribution in [0.1, 0.15) is 28.7 Å². The zero-order valence-electron chi connectivity index (χ0n) is 10.3. The van der Waals surface area contributed by atoms with E-state index in [0.29, 0.717) is 22.9 Å². The molecule has 0 fully saturated rings. The van der Waals surface area contributed by atoms with Crippen LogP contribution in [0, 0.1) is 20.8 Å². The first-order chi connectivity index (χ1) is 8.37. The average molecular weight is 271 g/mol. The molecule has 0 bridgehead atoms. The third kappa shape index (κ3) is 2.76. The van der Waals surface area contributed by atoms with Crippen molar-refractivity contribution in [3.63, 3.8) is 0 Å². The molecule has 7 nitrogen and oxygen atoms in total. The molecule has 2 aromatic heterocycles. The van der Waals surface area contributed by atoms with E-state index in [1.807, 2.05) is 0 Å². The third-order valence-corrected chi connectivity index (χ3v) is 3.89. The molecule has 2 rings (SSSR count). The van der Waals surface area contributed by atoms with Crippen LogP contribution in [0.25, 0.3) is 0 Å². The molecular formula is C10H13N3O4S. The SMILES string of the molecule is Cc1nc(CS(=O)(=O)Cc2c(C)noc2C)no1. The molecule has 0 aliphatic rings. The third-order valence-electron chi connectivity index (χ3n) is 2.46. The summed E-state index contributed by atoms with van der Waals surface area (Å²) >= 11 is 0. The minimum atomic E-state index is -3.37. The Balaban J connectivity index is 2.18. The molecule has 0 aromatic carbocycles. The highest BCUT2D eigenvalue weighted by Gasteiger charge is 2.21. The van der Waals surface area contributed by atoms with Crippen LogP contribution < -0.4 is 0 Å². The molecule has 2 aromatic rings. The summed E-state index contributed by atoms with van der Waals surface area (Å²) in [4.78, 5) is 3.87. The predicted octanol–water partition coefficient (Wildman–Crippen LogP) is 1.10. The minimum absolute atomic E-state index is 0.137. The molecule has 0 atom stereocenters. The average Bonchev–Trinajstić information content (AvgIpc) is 2.78. The summed E-state index contributed by atoms with van der Waals surface area (Å²) in [5.74, 6) is 0.632. The quantitative estimate of drug-likeness (QED) is 0.820. The van der Waals surface area contributed by atoms with E-state index in [2.05, 4.69) is 15.3 Å². The van der Waals surface area contributed by atoms with Gasteiger partial charge in [0.2, 0.25) is 5.89 Å². The minimum Gasteiger partial charge on any atom is -0.361 e. The summed E-state index contributed by atoms with van der Waals surface area (Å²) in [5, 5.41) is 7.29. The molecule has 0 saturated carbocycles. The summed E-state index contributed by atoms with van der Waals surface area (Å²) in [5.41, 5.74) is 1.18. The van der Waals surface area contributed by atoms with Crippen molar-refractivity contribution in [2.75, 3.05) is 0 Å². The van der Waals surface area contributed by atoms with Gasteiger partial charge in [-0.05, 0) is 13.8 Å². The summed E-state index contributed by atoms with van der Waals surface area (Å²) < 4.78 is 33.6. The van der Waals surface area contributed by atoms with Crippen molar-refractivity contribution < 1.29 is 17.5 Å². The molecule has 0 saturated heterocycles. The lowest BCUT2D eigenvalue weighted by Crippen LogP contribution is -2.09. The van der Waals surface area contributed by atoms with Crippen molar-refractivity contribution in [3.8, 4) is 0 Å². The summed E-state index contributed by atoms with van der Waals surface area (Å²) in [6.45, 7) is 5.00. The summed E-state index contributed by atoms with van der Waals surface area (Å²) in [6.07, 6.45) is 0. The predicted molar refractivity (Wildman–Crippen MR) is 61.3 cm³/mol. The molecule has 0 aliphatic heterocycles. The van der Waals surface area contributed by atoms with Crippen LogP contribution in [0.15, 0.2) is 9.05 Å². The maximum absolute atomic E-state index is 12.0. The number of sulfone groups is 1. The van der Waals surface area contributed by atoms with Gasteiger partial charge in [-0.25, -0.2) is 8.42 Å². The number of aryl methyl sites for hydroxylation is 3. The van der Waals surface area contributed by atoms with Crippen LogP contribution >= 0.6 is 0 Å². The van der Waals surface area contributed by atoms with Gasteiger partial charge in [-0.15, -0.1) is 0 Å². The molecule has 0 N–H and O–H groups in total. The van der Waals surface area contributed by atoms with Gasteiger partial charge in [0, 0.05) is 12.5 Å². The molecule has 18 heavy (non-hydrogen) atoms. The molecule has 0 radical (unpaired) electrons. The zero-order valence-corrected chi connectivity index (χ0v) is 11.1. The second-order valence-corrected chi connectivity index (χ2v) is 6.13. The Morgan fingerprint density at radius 2 is 1.78 bits per heavy atom. The number of rotatable bonds is 4. The van der Waals surface area contributed by atoms with E-state index >= 15 is 0 Å². The van der Waals surface area contributed by atoms with Gasteiger partial charge < -0.3 is 9.05 Å². The van der Waals surface area contributed by atoms with Crippen LogP contribution in [0.5, 0.6) is 0 Å². The van der Waals surface area contributed by atoms with Crippen molar-refractivity contribution in [3.05, 3.63) is 28.7 Å². The van der Waals surface area contributed by atoms with Crippen molar-refractivity contribution in [1.29, 1.82) is 0 Å². The van der Waals surface area contributed by atoms with Crippen LogP contribution in [0.3, 0.4) is 0 Å². The first-order valence-electron chi connectivity index (χ1n) is 5.29. The normalized spacial score (nSPS) is 11.9. The van der Waals surface area contributed by atoms with E-state index in [-0.39, 0.29) is 17.3 Å². The second kappa shape index (κ2) is 4.52. The Labute approximate surface area is 104 Å². The summed E-state index contributed by atoms with van der Waals surface area (Å²) in [6, 6.07) is 0. The Morgan fingerprint density at radius 3 is 2.28 bits per heavy atom. The van der Waals surface area contributed by atoms with Gasteiger partial charge >= 0.3 is 0 Å². The van der Waals surface area contributed by atoms with Crippen molar-refractivity contribution >= 4 is 9.84 Å². The van der Waals surface area contributed by atoms with Crippen molar-refractivity contribution in [2.24, 2.45) is 0 Å². The van der Waals surface area contributed by atoms with Crippen LogP contribution in [-0.4, -0.2) is 23.7 Å². The fourth-order valence-electron chi connectivity index (χ4n) is 1.58. The van der Waals surface area contributed by atoms with Gasteiger partial charge in [0.1, 0.15) is 11.5 Å². The lowest BCUT2D eigenvalue weighted by Gasteiger charge is -2.00. The van der Waals surface area contributed by atoms with E-state index in [4.69, 9.17) is 9.05 Å². The maximum atomic E-state index is 12.0. The van der Waals surface area contributed by atoms with E-state index in [9.17, 15) is 8.42 Å². The molecule has 0 unspecified atom stereocenters. The van der Waals surface area contributed by atoms with Crippen molar-refractivity contribution in [2.45, 2.75) is 32.3 Å². The molecule has 8 heteroatoms. The number of aromatic nitrogens is 3.